The van der Waals surface area contributed by atoms with Crippen LogP contribution < -0.4 is 27.0 Å². The van der Waals surface area contributed by atoms with Gasteiger partial charge in [-0.1, -0.05) is 263 Å². The molecule has 7 N–H and O–H groups in total. The molecular weight excluding hydrogens is 1800 g/mol. The van der Waals surface area contributed by atoms with Crippen LogP contribution in [0.25, 0.3) is 0 Å². The van der Waals surface area contributed by atoms with Crippen LogP contribution in [0.15, 0.2) is 22.8 Å². The van der Waals surface area contributed by atoms with Gasteiger partial charge in [0.1, 0.15) is 5.76 Å². The van der Waals surface area contributed by atoms with Gasteiger partial charge >= 0.3 is 6.09 Å². The van der Waals surface area contributed by atoms with Gasteiger partial charge in [0, 0.05) is 116 Å². The highest BCUT2D eigenvalue weighted by Gasteiger charge is 2.48. The Morgan fingerprint density at radius 2 is 0.986 bits per heavy atom. The van der Waals surface area contributed by atoms with Crippen molar-refractivity contribution in [1.82, 2.24) is 50.7 Å². The minimum atomic E-state index is -0.307. The van der Waals surface area contributed by atoms with Gasteiger partial charge in [-0.25, -0.2) is 4.79 Å². The van der Waals surface area contributed by atoms with Crippen LogP contribution in [0, 0.1) is 94.7 Å². The smallest absolute Gasteiger partial charge is 0.407 e. The first-order chi connectivity index (χ1) is 67.7. The fraction of sp³-hybridized carbons (Fsp3) is 0.961. The number of carbonyl (C=O) groups is 1. The fourth-order valence-electron chi connectivity index (χ4n) is 19.6. The largest absolute Gasteiger partial charge is 0.469 e. The molecule has 4 aliphatic carbocycles. The first-order valence-corrected chi connectivity index (χ1v) is 61.2. The third-order valence-corrected chi connectivity index (χ3v) is 33.6. The number of aliphatic hydroxyl groups excluding tert-OH is 1. The number of nitrogens with one attached hydrogen (secondary N) is 4. The molecule has 0 aromatic carbocycles. The van der Waals surface area contributed by atoms with Crippen molar-refractivity contribution in [3.8, 4) is 0 Å². The van der Waals surface area contributed by atoms with Gasteiger partial charge in [0.15, 0.2) is 0 Å². The van der Waals surface area contributed by atoms with Crippen LogP contribution in [-0.2, 0) is 25.4 Å². The second-order valence-corrected chi connectivity index (χ2v) is 52.0. The van der Waals surface area contributed by atoms with Crippen molar-refractivity contribution in [2.45, 2.75) is 605 Å². The lowest BCUT2D eigenvalue weighted by molar-refractivity contribution is 0.0621. The Balaban J connectivity index is -0.000000359. The molecule has 0 bridgehead atoms. The summed E-state index contributed by atoms with van der Waals surface area (Å²) in [5, 5.41) is 21.9. The molecule has 882 valence electrons. The number of alkyl carbamates (subject to hydrolysis) is 1. The van der Waals surface area contributed by atoms with Crippen LogP contribution in [-0.4, -0.2) is 257 Å². The molecule has 9 aliphatic rings. The Morgan fingerprint density at radius 3 is 1.20 bits per heavy atom. The second-order valence-electron chi connectivity index (χ2n) is 52.0. The van der Waals surface area contributed by atoms with Crippen molar-refractivity contribution in [3.63, 3.8) is 0 Å². The van der Waals surface area contributed by atoms with Gasteiger partial charge < -0.3 is 75.1 Å². The molecule has 6 heterocycles. The zero-order chi connectivity index (χ0) is 115. The molecule has 0 spiro atoms. The van der Waals surface area contributed by atoms with E-state index in [1.54, 1.807) is 34.3 Å². The summed E-state index contributed by atoms with van der Waals surface area (Å²) in [6.45, 7) is 111. The molecule has 1 aromatic heterocycles. The van der Waals surface area contributed by atoms with Crippen LogP contribution in [0.1, 0.15) is 492 Å². The molecule has 12 unspecified atom stereocenters. The van der Waals surface area contributed by atoms with E-state index in [1.807, 2.05) is 33.0 Å². The average Bonchev–Trinajstić information content (AvgIpc) is 1.62. The number of aliphatic hydroxyl groups is 1. The van der Waals surface area contributed by atoms with Crippen molar-refractivity contribution >= 4 is 6.09 Å². The molecule has 10 rings (SSSR count). The third-order valence-electron chi connectivity index (χ3n) is 33.6. The summed E-state index contributed by atoms with van der Waals surface area (Å²) >= 11 is 0. The van der Waals surface area contributed by atoms with E-state index < -0.39 is 0 Å². The maximum atomic E-state index is 11.0. The van der Waals surface area contributed by atoms with Crippen molar-refractivity contribution in [3.05, 3.63) is 24.2 Å². The van der Waals surface area contributed by atoms with E-state index in [0.717, 1.165) is 140 Å². The number of rotatable bonds is 38. The Kier molecular flexibility index (Phi) is 91.2. The van der Waals surface area contributed by atoms with Gasteiger partial charge in [-0.2, -0.15) is 0 Å². The molecule has 4 saturated carbocycles. The number of nitrogens with zero attached hydrogens (tertiary/aromatic N) is 6. The molecular formula is C128H273N11O7. The quantitative estimate of drug-likeness (QED) is 0.0368. The highest BCUT2D eigenvalue weighted by molar-refractivity contribution is 5.67. The predicted molar refractivity (Wildman–Crippen MR) is 650 cm³/mol. The average molecular weight is 2080 g/mol. The molecule has 9 fully saturated rings. The maximum absolute atomic E-state index is 11.0. The lowest BCUT2D eigenvalue weighted by Gasteiger charge is -2.38. The van der Waals surface area contributed by atoms with Crippen LogP contribution >= 0.6 is 0 Å². The zero-order valence-corrected chi connectivity index (χ0v) is 109. The van der Waals surface area contributed by atoms with Crippen LogP contribution in [0.5, 0.6) is 0 Å². The number of ether oxygens (including phenoxy) is 4. The number of amides is 1. The number of nitrogens with two attached hydrogens (primary N) is 1. The second kappa shape index (κ2) is 86.1. The van der Waals surface area contributed by atoms with E-state index in [2.05, 4.69) is 391 Å². The van der Waals surface area contributed by atoms with Crippen molar-refractivity contribution in [2.24, 2.45) is 100 Å². The van der Waals surface area contributed by atoms with Crippen molar-refractivity contribution in [1.29, 1.82) is 0 Å². The molecule has 5 aliphatic heterocycles. The zero-order valence-electron chi connectivity index (χ0n) is 109. The Morgan fingerprint density at radius 1 is 0.500 bits per heavy atom. The number of hydrogen-bond acceptors (Lipinski definition) is 17. The number of hydrogen-bond donors (Lipinski definition) is 6. The van der Waals surface area contributed by atoms with Crippen molar-refractivity contribution in [2.75, 3.05) is 103 Å². The summed E-state index contributed by atoms with van der Waals surface area (Å²) in [6.07, 6.45) is 37.1. The number of carbonyl (C=O) groups excluding carboxylic acids is 1. The predicted octanol–water partition coefficient (Wildman–Crippen LogP) is 31.7. The molecule has 13 atom stereocenters. The van der Waals surface area contributed by atoms with Gasteiger partial charge in [-0.15, -0.1) is 0 Å². The SMILES string of the molecule is CC(C)C(C)N(C)C1CC1.CC(C)C(C)NC1CC1.CC(C)C(C)O.CC(C)C1(C)CCCN1C.CC(C)C1(N(C)C)CC1.CC(C)C12CCCN1CCC2.CC(C)CC1CCCO1.CC(C)Cc1ccco1.CC(C)[C@H](C)N1CCCC1(C)C.CCC(C(C)C)N(C)C.CCC(N)C(C)C.CCC(NC)C(C)C.CCC(NC1CC1)C(C)C.CCC(OC)C(C)C.CCOC(=O)NC(CC)C(C)C.COC(C)C(C)C. The summed E-state index contributed by atoms with van der Waals surface area (Å²) in [5.74, 6) is 12.6. The van der Waals surface area contributed by atoms with E-state index in [9.17, 15) is 4.79 Å². The molecule has 146 heavy (non-hydrogen) atoms. The van der Waals surface area contributed by atoms with Gasteiger partial charge in [-0.05, 0) is 405 Å². The monoisotopic (exact) mass is 2080 g/mol. The lowest BCUT2D eigenvalue weighted by Crippen LogP contribution is -2.46. The first kappa shape index (κ1) is 155. The summed E-state index contributed by atoms with van der Waals surface area (Å²) in [6, 6.07) is 11.6. The van der Waals surface area contributed by atoms with E-state index in [4.69, 9.17) is 34.2 Å². The highest BCUT2D eigenvalue weighted by Crippen LogP contribution is 2.47. The van der Waals surface area contributed by atoms with Crippen LogP contribution in [0.3, 0.4) is 0 Å². The minimum absolute atomic E-state index is 0.148. The molecule has 18 nitrogen and oxygen atoms in total. The summed E-state index contributed by atoms with van der Waals surface area (Å²) in [7, 11) is 18.7. The number of fused-ring (bicyclic) bond motifs is 1. The lowest BCUT2D eigenvalue weighted by atomic mass is 9.83. The molecule has 1 aromatic rings. The summed E-state index contributed by atoms with van der Waals surface area (Å²) in [5.41, 5.74) is 7.77. The summed E-state index contributed by atoms with van der Waals surface area (Å²) < 4.78 is 25.6. The number of furan rings is 1. The van der Waals surface area contributed by atoms with E-state index in [1.165, 1.54) is 167 Å². The maximum Gasteiger partial charge on any atom is 0.407 e. The minimum Gasteiger partial charge on any atom is -0.469 e. The Bertz CT molecular complexity index is 2920. The number of likely N-dealkylation sites (tertiary alicyclic amines) is 2. The normalized spacial score (nSPS) is 20.7. The van der Waals surface area contributed by atoms with Gasteiger partial charge in [0.25, 0.3) is 0 Å². The van der Waals surface area contributed by atoms with E-state index in [-0.39, 0.29) is 18.2 Å². The van der Waals surface area contributed by atoms with Crippen LogP contribution in [0.4, 0.5) is 4.79 Å². The fourth-order valence-corrected chi connectivity index (χ4v) is 19.6. The topological polar surface area (TPSA) is 181 Å². The van der Waals surface area contributed by atoms with Gasteiger partial charge in [0.2, 0.25) is 0 Å². The Labute approximate surface area is 917 Å². The highest BCUT2D eigenvalue weighted by atomic mass is 16.5. The molecule has 0 radical (unpaired) electrons. The molecule has 18 heteroatoms. The van der Waals surface area contributed by atoms with Gasteiger partial charge in [-0.3, -0.25) is 9.80 Å². The first-order valence-electron chi connectivity index (χ1n) is 61.2. The third kappa shape index (κ3) is 72.7. The number of methoxy groups -OCH3 is 2. The van der Waals surface area contributed by atoms with Gasteiger partial charge in [0.05, 0.1) is 37.3 Å². The van der Waals surface area contributed by atoms with E-state index in [0.29, 0.717) is 101 Å². The molecule has 5 saturated heterocycles. The standard InChI is InChI=1S/C11H23N.C10H19N.C9H19NO2.3C9H19N.2C8H17N.C8H19N.C8H16O.C8H12O.C7H17N.C7H16O.C6H15N.C6H14O.C5H12O/c1-9(2)10(3)12-8-6-7-11(12,4)5;1-9(2)10-5-3-7-11(10)8-4-6-10;1-5-8(7(3)4)10-9(11)12-6-2;1-8(2)9(3)6-5-7-10(9)4;1-7(2)8(3)10(4)9-5-6-9;1-4-9(7(2)3)10-8-5-6-8;1-7(2)8(5-6-8)9(3)4;1-6(2)7(3)9-8-4-5-8;1-6-8(7(2)3)9(4)5;2*1-7(2)6-8-4-3-5-9-8;2*1-5-7(8-4)6(2)3;1-4-6(7)5(2)3;1-5(2)6(3)7-4;1-4(2)5(3)6/h9-10H,6-8H2,1-5H3;9H,3-8H2,1-2H3;7-8H,5-6H2,1-4H3,(H,10,11);8H,5-7H2,1-4H3;7-9H,5-6H2,1-4H3;7-10H,4-6H2,1-3H3;7H,5-6H2,1-4H3;6-9H,4-5H2,1-3H3;7-8H,6H2,1-5H3;7-8H,3-6H2,1-2H3;3-5,7H,6H2,1-2H3;6-8H,5H2,1-4H3;6-7H,5H2,1-4H3;5-6H,4,7H2,1-3H3;5-6H,1-4H3;4-6H,1-3H3/t10-;;;;;;;;;;;;;;;/m0.............../s1. The van der Waals surface area contributed by atoms with Crippen LogP contribution in [0.2, 0.25) is 0 Å². The molecule has 1 amide bonds. The van der Waals surface area contributed by atoms with E-state index >= 15 is 0 Å². The Hall–Kier alpha value is -2.01. The van der Waals surface area contributed by atoms with Crippen molar-refractivity contribution < 1.29 is 33.3 Å². The summed E-state index contributed by atoms with van der Waals surface area (Å²) in [4.78, 5) is 26.1.